The molecule has 5 heteroatoms. The Morgan fingerprint density at radius 3 is 2.80 bits per heavy atom. The first-order chi connectivity index (χ1) is 12.0. The number of nitrogens with one attached hydrogen (secondary N) is 1. The van der Waals surface area contributed by atoms with E-state index in [4.69, 9.17) is 10.5 Å². The standard InChI is InChI=1S/C20H22N2O3/c1-13-11-14-5-2-3-8-17(14)19(13)22-18(23)9-10-25-16-7-4-6-15(12-16)20(21)24/h2-8,12-13,19H,9-11H2,1H3,(H2,21,24)(H,22,23)/t13-,19-/m0/s1. The monoisotopic (exact) mass is 338 g/mol. The van der Waals surface area contributed by atoms with Crippen LogP contribution in [0.15, 0.2) is 48.5 Å². The van der Waals surface area contributed by atoms with Crippen molar-refractivity contribution in [2.45, 2.75) is 25.8 Å². The third-order valence-corrected chi connectivity index (χ3v) is 4.53. The van der Waals surface area contributed by atoms with Crippen LogP contribution in [0.3, 0.4) is 0 Å². The summed E-state index contributed by atoms with van der Waals surface area (Å²) in [5, 5.41) is 3.11. The van der Waals surface area contributed by atoms with E-state index in [9.17, 15) is 9.59 Å². The zero-order valence-electron chi connectivity index (χ0n) is 14.2. The van der Waals surface area contributed by atoms with Gasteiger partial charge in [-0.05, 0) is 41.7 Å². The Morgan fingerprint density at radius 1 is 1.20 bits per heavy atom. The number of carbonyl (C=O) groups excluding carboxylic acids is 2. The minimum atomic E-state index is -0.503. The van der Waals surface area contributed by atoms with E-state index in [0.29, 0.717) is 17.2 Å². The van der Waals surface area contributed by atoms with Gasteiger partial charge in [0.25, 0.3) is 0 Å². The van der Waals surface area contributed by atoms with Crippen molar-refractivity contribution in [1.29, 1.82) is 0 Å². The van der Waals surface area contributed by atoms with Crippen molar-refractivity contribution in [1.82, 2.24) is 5.32 Å². The molecule has 0 unspecified atom stereocenters. The lowest BCUT2D eigenvalue weighted by Crippen LogP contribution is -2.31. The first-order valence-electron chi connectivity index (χ1n) is 8.44. The van der Waals surface area contributed by atoms with Crippen LogP contribution in [0.2, 0.25) is 0 Å². The Kier molecular flexibility index (Phi) is 5.03. The number of amides is 2. The Morgan fingerprint density at radius 2 is 2.00 bits per heavy atom. The summed E-state index contributed by atoms with van der Waals surface area (Å²) in [5.74, 6) is 0.370. The maximum Gasteiger partial charge on any atom is 0.248 e. The van der Waals surface area contributed by atoms with Crippen molar-refractivity contribution in [2.24, 2.45) is 11.7 Å². The minimum Gasteiger partial charge on any atom is -0.493 e. The van der Waals surface area contributed by atoms with Gasteiger partial charge in [0.1, 0.15) is 5.75 Å². The van der Waals surface area contributed by atoms with E-state index in [2.05, 4.69) is 24.4 Å². The molecule has 0 heterocycles. The minimum absolute atomic E-state index is 0.0420. The number of hydrogen-bond donors (Lipinski definition) is 2. The molecule has 2 aromatic rings. The maximum absolute atomic E-state index is 12.3. The molecule has 25 heavy (non-hydrogen) atoms. The Balaban J connectivity index is 1.52. The summed E-state index contributed by atoms with van der Waals surface area (Å²) >= 11 is 0. The number of fused-ring (bicyclic) bond motifs is 1. The van der Waals surface area contributed by atoms with Gasteiger partial charge in [-0.15, -0.1) is 0 Å². The van der Waals surface area contributed by atoms with Crippen LogP contribution in [0.4, 0.5) is 0 Å². The van der Waals surface area contributed by atoms with Gasteiger partial charge in [-0.25, -0.2) is 0 Å². The average Bonchev–Trinajstić information content (AvgIpc) is 2.91. The van der Waals surface area contributed by atoms with E-state index in [1.807, 2.05) is 12.1 Å². The number of benzene rings is 2. The number of nitrogens with two attached hydrogens (primary N) is 1. The van der Waals surface area contributed by atoms with E-state index in [-0.39, 0.29) is 25.0 Å². The van der Waals surface area contributed by atoms with Crippen LogP contribution in [0, 0.1) is 5.92 Å². The lowest BCUT2D eigenvalue weighted by atomic mass is 10.0. The van der Waals surface area contributed by atoms with Crippen LogP contribution < -0.4 is 15.8 Å². The molecule has 1 aliphatic rings. The van der Waals surface area contributed by atoms with Crippen LogP contribution in [-0.2, 0) is 11.2 Å². The van der Waals surface area contributed by atoms with Gasteiger partial charge >= 0.3 is 0 Å². The van der Waals surface area contributed by atoms with Gasteiger partial charge in [0, 0.05) is 5.56 Å². The number of hydrogen-bond acceptors (Lipinski definition) is 3. The molecule has 3 rings (SSSR count). The molecule has 0 aliphatic heterocycles. The molecule has 0 radical (unpaired) electrons. The molecule has 130 valence electrons. The van der Waals surface area contributed by atoms with Crippen LogP contribution in [0.5, 0.6) is 5.75 Å². The molecule has 5 nitrogen and oxygen atoms in total. The Hall–Kier alpha value is -2.82. The summed E-state index contributed by atoms with van der Waals surface area (Å²) in [6.07, 6.45) is 1.24. The van der Waals surface area contributed by atoms with Crippen LogP contribution in [-0.4, -0.2) is 18.4 Å². The zero-order chi connectivity index (χ0) is 17.8. The first-order valence-corrected chi connectivity index (χ1v) is 8.44. The summed E-state index contributed by atoms with van der Waals surface area (Å²) in [5.41, 5.74) is 8.14. The third kappa shape index (κ3) is 3.99. The van der Waals surface area contributed by atoms with Crippen molar-refractivity contribution in [2.75, 3.05) is 6.61 Å². The molecule has 2 atom stereocenters. The summed E-state index contributed by atoms with van der Waals surface area (Å²) in [6.45, 7) is 2.40. The molecule has 0 fully saturated rings. The third-order valence-electron chi connectivity index (χ3n) is 4.53. The van der Waals surface area contributed by atoms with Crippen LogP contribution in [0.1, 0.15) is 40.9 Å². The smallest absolute Gasteiger partial charge is 0.248 e. The predicted molar refractivity (Wildman–Crippen MR) is 95.3 cm³/mol. The highest BCUT2D eigenvalue weighted by molar-refractivity contribution is 5.93. The molecule has 0 bridgehead atoms. The molecule has 2 amide bonds. The predicted octanol–water partition coefficient (Wildman–Crippen LogP) is 2.60. The van der Waals surface area contributed by atoms with Crippen molar-refractivity contribution >= 4 is 11.8 Å². The maximum atomic E-state index is 12.3. The zero-order valence-corrected chi connectivity index (χ0v) is 14.2. The molecule has 0 saturated heterocycles. The second-order valence-corrected chi connectivity index (χ2v) is 6.42. The van der Waals surface area contributed by atoms with Crippen molar-refractivity contribution < 1.29 is 14.3 Å². The largest absolute Gasteiger partial charge is 0.493 e. The van der Waals surface area contributed by atoms with Gasteiger partial charge in [-0.1, -0.05) is 37.3 Å². The molecule has 0 aromatic heterocycles. The lowest BCUT2D eigenvalue weighted by molar-refractivity contribution is -0.122. The highest BCUT2D eigenvalue weighted by atomic mass is 16.5. The van der Waals surface area contributed by atoms with Crippen molar-refractivity contribution in [3.63, 3.8) is 0 Å². The molecular formula is C20H22N2O3. The van der Waals surface area contributed by atoms with Crippen molar-refractivity contribution in [3.8, 4) is 5.75 Å². The van der Waals surface area contributed by atoms with E-state index in [1.54, 1.807) is 24.3 Å². The van der Waals surface area contributed by atoms with E-state index in [1.165, 1.54) is 11.1 Å². The fourth-order valence-electron chi connectivity index (χ4n) is 3.26. The highest BCUT2D eigenvalue weighted by Crippen LogP contribution is 2.35. The second kappa shape index (κ2) is 7.38. The van der Waals surface area contributed by atoms with Crippen molar-refractivity contribution in [3.05, 3.63) is 65.2 Å². The van der Waals surface area contributed by atoms with E-state index in [0.717, 1.165) is 6.42 Å². The Bertz CT molecular complexity index is 788. The molecule has 2 aromatic carbocycles. The summed E-state index contributed by atoms with van der Waals surface area (Å²) in [4.78, 5) is 23.4. The van der Waals surface area contributed by atoms with E-state index < -0.39 is 5.91 Å². The van der Waals surface area contributed by atoms with Gasteiger partial charge in [0.05, 0.1) is 19.1 Å². The normalized spacial score (nSPS) is 18.4. The molecule has 1 aliphatic carbocycles. The second-order valence-electron chi connectivity index (χ2n) is 6.42. The molecule has 3 N–H and O–H groups in total. The number of ether oxygens (including phenoxy) is 1. The summed E-state index contributed by atoms with van der Waals surface area (Å²) in [7, 11) is 0. The number of rotatable bonds is 6. The van der Waals surface area contributed by atoms with Gasteiger partial charge in [0.2, 0.25) is 11.8 Å². The fourth-order valence-corrected chi connectivity index (χ4v) is 3.26. The quantitative estimate of drug-likeness (QED) is 0.849. The number of carbonyl (C=O) groups is 2. The van der Waals surface area contributed by atoms with Crippen LogP contribution >= 0.6 is 0 Å². The Labute approximate surface area is 147 Å². The molecule has 0 spiro atoms. The van der Waals surface area contributed by atoms with Gasteiger partial charge in [0.15, 0.2) is 0 Å². The fraction of sp³-hybridized carbons (Fsp3) is 0.300. The molecular weight excluding hydrogens is 316 g/mol. The summed E-state index contributed by atoms with van der Waals surface area (Å²) in [6, 6.07) is 14.9. The van der Waals surface area contributed by atoms with Crippen LogP contribution in [0.25, 0.3) is 0 Å². The highest BCUT2D eigenvalue weighted by Gasteiger charge is 2.29. The lowest BCUT2D eigenvalue weighted by Gasteiger charge is -2.19. The SMILES string of the molecule is C[C@H]1Cc2ccccc2[C@H]1NC(=O)CCOc1cccc(C(N)=O)c1. The van der Waals surface area contributed by atoms with Gasteiger partial charge < -0.3 is 15.8 Å². The average molecular weight is 338 g/mol. The summed E-state index contributed by atoms with van der Waals surface area (Å²) < 4.78 is 5.56. The number of primary amides is 1. The van der Waals surface area contributed by atoms with Gasteiger partial charge in [-0.3, -0.25) is 9.59 Å². The van der Waals surface area contributed by atoms with E-state index >= 15 is 0 Å². The topological polar surface area (TPSA) is 81.4 Å². The van der Waals surface area contributed by atoms with Gasteiger partial charge in [-0.2, -0.15) is 0 Å². The first kappa shape index (κ1) is 17.0. The molecule has 0 saturated carbocycles.